The summed E-state index contributed by atoms with van der Waals surface area (Å²) in [7, 11) is 0. The normalized spacial score (nSPS) is 10.4. The van der Waals surface area contributed by atoms with Gasteiger partial charge >= 0.3 is 5.97 Å². The monoisotopic (exact) mass is 155 g/mol. The number of esters is 1. The Bertz CT molecular complexity index is 174. The van der Waals surface area contributed by atoms with Crippen LogP contribution in [0.1, 0.15) is 27.2 Å². The maximum absolute atomic E-state index is 10.6. The van der Waals surface area contributed by atoms with Crippen LogP contribution in [0, 0.1) is 16.7 Å². The van der Waals surface area contributed by atoms with Gasteiger partial charge in [0.25, 0.3) is 0 Å². The van der Waals surface area contributed by atoms with Crippen molar-refractivity contribution in [2.75, 3.05) is 6.61 Å². The van der Waals surface area contributed by atoms with Gasteiger partial charge in [-0.25, -0.2) is 0 Å². The van der Waals surface area contributed by atoms with E-state index < -0.39 is 5.97 Å². The summed E-state index contributed by atoms with van der Waals surface area (Å²) in [5, 5.41) is 8.12. The Kier molecular flexibility index (Phi) is 3.59. The van der Waals surface area contributed by atoms with E-state index in [-0.39, 0.29) is 11.8 Å². The Morgan fingerprint density at radius 3 is 2.45 bits per heavy atom. The molecule has 0 saturated heterocycles. The first kappa shape index (κ1) is 9.96. The molecule has 0 spiro atoms. The minimum absolute atomic E-state index is 0.0227. The molecule has 0 amide bonds. The van der Waals surface area contributed by atoms with E-state index in [0.29, 0.717) is 6.61 Å². The van der Waals surface area contributed by atoms with E-state index in [1.807, 2.05) is 20.8 Å². The Labute approximate surface area is 67.0 Å². The van der Waals surface area contributed by atoms with E-state index in [0.717, 1.165) is 0 Å². The molecule has 0 aromatic rings. The maximum Gasteiger partial charge on any atom is 0.320 e. The summed E-state index contributed by atoms with van der Waals surface area (Å²) >= 11 is 0. The molecule has 0 bridgehead atoms. The smallest absolute Gasteiger partial charge is 0.320 e. The summed E-state index contributed by atoms with van der Waals surface area (Å²) in [5.74, 6) is -0.442. The van der Waals surface area contributed by atoms with Crippen molar-refractivity contribution in [2.45, 2.75) is 27.2 Å². The van der Waals surface area contributed by atoms with Gasteiger partial charge in [-0.2, -0.15) is 5.26 Å². The zero-order valence-corrected chi connectivity index (χ0v) is 7.18. The lowest BCUT2D eigenvalue weighted by molar-refractivity contribution is -0.145. The third-order valence-corrected chi connectivity index (χ3v) is 0.890. The van der Waals surface area contributed by atoms with Crippen molar-refractivity contribution in [1.29, 1.82) is 5.26 Å². The van der Waals surface area contributed by atoms with Crippen LogP contribution >= 0.6 is 0 Å². The minimum Gasteiger partial charge on any atom is -0.464 e. The minimum atomic E-state index is -0.442. The molecule has 0 N–H and O–H groups in total. The van der Waals surface area contributed by atoms with Gasteiger partial charge in [-0.3, -0.25) is 4.79 Å². The maximum atomic E-state index is 10.6. The van der Waals surface area contributed by atoms with Gasteiger partial charge < -0.3 is 4.74 Å². The number of nitrogens with zero attached hydrogens (tertiary/aromatic N) is 1. The van der Waals surface area contributed by atoms with E-state index >= 15 is 0 Å². The third-order valence-electron chi connectivity index (χ3n) is 0.890. The van der Waals surface area contributed by atoms with Gasteiger partial charge in [-0.05, 0) is 5.41 Å². The molecule has 11 heavy (non-hydrogen) atoms. The van der Waals surface area contributed by atoms with Crippen molar-refractivity contribution < 1.29 is 9.53 Å². The van der Waals surface area contributed by atoms with Crippen molar-refractivity contribution >= 4 is 5.97 Å². The number of nitriles is 1. The highest BCUT2D eigenvalue weighted by atomic mass is 16.5. The predicted molar refractivity (Wildman–Crippen MR) is 40.6 cm³/mol. The molecule has 0 aromatic heterocycles. The van der Waals surface area contributed by atoms with Gasteiger partial charge in [0.05, 0.1) is 12.7 Å². The van der Waals surface area contributed by atoms with Crippen molar-refractivity contribution in [2.24, 2.45) is 5.41 Å². The van der Waals surface area contributed by atoms with Gasteiger partial charge in [-0.15, -0.1) is 0 Å². The number of carbonyl (C=O) groups excluding carboxylic acids is 1. The number of rotatable bonds is 2. The lowest BCUT2D eigenvalue weighted by Gasteiger charge is -2.16. The number of ether oxygens (including phenoxy) is 1. The second-order valence-corrected chi connectivity index (χ2v) is 3.56. The number of hydrogen-bond donors (Lipinski definition) is 0. The molecule has 0 heterocycles. The third kappa shape index (κ3) is 6.85. The average molecular weight is 155 g/mol. The van der Waals surface area contributed by atoms with Gasteiger partial charge in [-0.1, -0.05) is 20.8 Å². The van der Waals surface area contributed by atoms with Crippen molar-refractivity contribution in [3.8, 4) is 6.07 Å². The summed E-state index contributed by atoms with van der Waals surface area (Å²) < 4.78 is 4.79. The zero-order valence-electron chi connectivity index (χ0n) is 7.18. The van der Waals surface area contributed by atoms with Crippen LogP contribution in [0.2, 0.25) is 0 Å². The zero-order chi connectivity index (χ0) is 8.91. The molecule has 0 saturated carbocycles. The fraction of sp³-hybridized carbons (Fsp3) is 0.750. The van der Waals surface area contributed by atoms with Gasteiger partial charge in [0, 0.05) is 0 Å². The second-order valence-electron chi connectivity index (χ2n) is 3.56. The number of hydrogen-bond acceptors (Lipinski definition) is 3. The largest absolute Gasteiger partial charge is 0.464 e. The standard InChI is InChI=1S/C8H13NO2/c1-8(2,3)6-11-7(10)4-5-9/h4,6H2,1-3H3. The highest BCUT2D eigenvalue weighted by Crippen LogP contribution is 2.12. The summed E-state index contributed by atoms with van der Waals surface area (Å²) in [4.78, 5) is 10.6. The molecule has 0 rings (SSSR count). The Morgan fingerprint density at radius 1 is 1.55 bits per heavy atom. The molecule has 0 aliphatic carbocycles. The quantitative estimate of drug-likeness (QED) is 0.567. The first-order valence-electron chi connectivity index (χ1n) is 3.48. The van der Waals surface area contributed by atoms with Gasteiger partial charge in [0.1, 0.15) is 6.42 Å². The van der Waals surface area contributed by atoms with Crippen LogP contribution in [-0.2, 0) is 9.53 Å². The molecule has 0 atom stereocenters. The van der Waals surface area contributed by atoms with Crippen molar-refractivity contribution in [1.82, 2.24) is 0 Å². The van der Waals surface area contributed by atoms with Crippen LogP contribution < -0.4 is 0 Å². The molecular formula is C8H13NO2. The van der Waals surface area contributed by atoms with E-state index in [9.17, 15) is 4.79 Å². The molecule has 0 aromatic carbocycles. The highest BCUT2D eigenvalue weighted by Gasteiger charge is 2.12. The molecule has 0 aliphatic heterocycles. The van der Waals surface area contributed by atoms with Crippen LogP contribution in [0.25, 0.3) is 0 Å². The molecular weight excluding hydrogens is 142 g/mol. The van der Waals surface area contributed by atoms with Gasteiger partial charge in [0.2, 0.25) is 0 Å². The van der Waals surface area contributed by atoms with E-state index in [1.54, 1.807) is 6.07 Å². The lowest BCUT2D eigenvalue weighted by Crippen LogP contribution is -2.17. The van der Waals surface area contributed by atoms with Crippen molar-refractivity contribution in [3.05, 3.63) is 0 Å². The molecule has 0 radical (unpaired) electrons. The first-order valence-corrected chi connectivity index (χ1v) is 3.48. The van der Waals surface area contributed by atoms with E-state index in [1.165, 1.54) is 0 Å². The Balaban J connectivity index is 3.57. The van der Waals surface area contributed by atoms with Crippen LogP contribution in [-0.4, -0.2) is 12.6 Å². The summed E-state index contributed by atoms with van der Waals surface area (Å²) in [6, 6.07) is 1.73. The fourth-order valence-electron chi connectivity index (χ4n) is 0.413. The van der Waals surface area contributed by atoms with E-state index in [4.69, 9.17) is 10.00 Å². The molecule has 3 nitrogen and oxygen atoms in total. The summed E-state index contributed by atoms with van der Waals surface area (Å²) in [6.07, 6.45) is -0.157. The second kappa shape index (κ2) is 3.97. The topological polar surface area (TPSA) is 50.1 Å². The highest BCUT2D eigenvalue weighted by molar-refractivity contribution is 5.71. The lowest BCUT2D eigenvalue weighted by atomic mass is 9.99. The van der Waals surface area contributed by atoms with Crippen molar-refractivity contribution in [3.63, 3.8) is 0 Å². The first-order chi connectivity index (χ1) is 4.95. The fourth-order valence-corrected chi connectivity index (χ4v) is 0.413. The molecule has 0 fully saturated rings. The summed E-state index contributed by atoms with van der Waals surface area (Å²) in [5.41, 5.74) is -0.0227. The SMILES string of the molecule is CC(C)(C)COC(=O)CC#N. The predicted octanol–water partition coefficient (Wildman–Crippen LogP) is 1.49. The van der Waals surface area contributed by atoms with Crippen LogP contribution in [0.15, 0.2) is 0 Å². The molecule has 3 heteroatoms. The van der Waals surface area contributed by atoms with E-state index in [2.05, 4.69) is 0 Å². The molecule has 0 unspecified atom stereocenters. The summed E-state index contributed by atoms with van der Waals surface area (Å²) in [6.45, 7) is 6.26. The number of carbonyl (C=O) groups is 1. The van der Waals surface area contributed by atoms with Crippen LogP contribution in [0.5, 0.6) is 0 Å². The van der Waals surface area contributed by atoms with Gasteiger partial charge in [0.15, 0.2) is 0 Å². The Morgan fingerprint density at radius 2 is 2.09 bits per heavy atom. The van der Waals surface area contributed by atoms with Crippen LogP contribution in [0.4, 0.5) is 0 Å². The molecule has 0 aliphatic rings. The molecule has 62 valence electrons. The average Bonchev–Trinajstić information content (AvgIpc) is 1.83. The Hall–Kier alpha value is -1.04. The van der Waals surface area contributed by atoms with Crippen LogP contribution in [0.3, 0.4) is 0 Å².